The first-order valence-corrected chi connectivity index (χ1v) is 11.7. The van der Waals surface area contributed by atoms with Crippen molar-refractivity contribution in [1.29, 1.82) is 0 Å². The summed E-state index contributed by atoms with van der Waals surface area (Å²) in [5, 5.41) is 5.92. The lowest BCUT2D eigenvalue weighted by atomic mass is 10.0. The van der Waals surface area contributed by atoms with Gasteiger partial charge < -0.3 is 5.32 Å². The smallest absolute Gasteiger partial charge is 0.258 e. The number of hydrogen-bond acceptors (Lipinski definition) is 3. The van der Waals surface area contributed by atoms with Gasteiger partial charge in [0.15, 0.2) is 0 Å². The van der Waals surface area contributed by atoms with Crippen molar-refractivity contribution < 1.29 is 4.79 Å². The van der Waals surface area contributed by atoms with E-state index in [-0.39, 0.29) is 11.2 Å². The maximum absolute atomic E-state index is 13.4. The minimum atomic E-state index is -0.165. The molecule has 0 atom stereocenters. The highest BCUT2D eigenvalue weighted by Gasteiger charge is 2.21. The molecular formula is C29H22N2OS. The fourth-order valence-corrected chi connectivity index (χ4v) is 5.10. The van der Waals surface area contributed by atoms with E-state index in [9.17, 15) is 4.79 Å². The monoisotopic (exact) mass is 446 g/mol. The molecule has 0 spiro atoms. The molecule has 0 saturated heterocycles. The molecule has 0 unspecified atom stereocenters. The molecule has 4 aromatic carbocycles. The van der Waals surface area contributed by atoms with E-state index in [1.54, 1.807) is 18.0 Å². The van der Waals surface area contributed by atoms with Crippen LogP contribution < -0.4 is 5.32 Å². The molecule has 1 aromatic heterocycles. The number of carbonyl (C=O) groups excluding carboxylic acids is 1. The Morgan fingerprint density at radius 2 is 1.33 bits per heavy atom. The molecule has 160 valence electrons. The average Bonchev–Trinajstić information content (AvgIpc) is 2.89. The third kappa shape index (κ3) is 4.66. The number of amides is 1. The maximum Gasteiger partial charge on any atom is 0.258 e. The quantitative estimate of drug-likeness (QED) is 0.277. The molecule has 0 radical (unpaired) electrons. The molecule has 0 fully saturated rings. The lowest BCUT2D eigenvalue weighted by Crippen LogP contribution is -2.14. The highest BCUT2D eigenvalue weighted by Crippen LogP contribution is 2.41. The molecular weight excluding hydrogens is 424 g/mol. The molecule has 5 rings (SSSR count). The highest BCUT2D eigenvalue weighted by atomic mass is 32.2. The first kappa shape index (κ1) is 21.0. The second-order valence-corrected chi connectivity index (χ2v) is 8.75. The lowest BCUT2D eigenvalue weighted by molar-refractivity contribution is 0.102. The Morgan fingerprint density at radius 1 is 0.697 bits per heavy atom. The Balaban J connectivity index is 1.48. The zero-order valence-corrected chi connectivity index (χ0v) is 18.7. The second-order valence-electron chi connectivity index (χ2n) is 7.66. The molecule has 1 N–H and O–H groups in total. The van der Waals surface area contributed by atoms with Gasteiger partial charge in [0.2, 0.25) is 0 Å². The van der Waals surface area contributed by atoms with Crippen LogP contribution in [0.2, 0.25) is 0 Å². The fourth-order valence-electron chi connectivity index (χ4n) is 3.88. The number of nitrogens with zero attached hydrogens (tertiary/aromatic N) is 1. The third-order valence-electron chi connectivity index (χ3n) is 5.49. The molecule has 4 heteroatoms. The maximum atomic E-state index is 13.4. The summed E-state index contributed by atoms with van der Waals surface area (Å²) in [5.74, 6) is -0.165. The summed E-state index contributed by atoms with van der Waals surface area (Å²) >= 11 is 1.59. The summed E-state index contributed by atoms with van der Waals surface area (Å²) in [6, 6.07) is 38.3. The SMILES string of the molecule is O=C(Nc1cccc2ccccc12)c1cccnc1SC(c1ccccc1)c1ccccc1. The van der Waals surface area contributed by atoms with Gasteiger partial charge in [0.05, 0.1) is 10.8 Å². The standard InChI is InChI=1S/C29H22N2OS/c32-28(31-26-19-9-16-21-11-7-8-17-24(21)26)25-18-10-20-30-29(25)33-27(22-12-3-1-4-13-22)23-14-5-2-6-15-23/h1-20,27H,(H,31,32). The van der Waals surface area contributed by atoms with Crippen molar-refractivity contribution in [3.63, 3.8) is 0 Å². The molecule has 0 bridgehead atoms. The van der Waals surface area contributed by atoms with Crippen molar-refractivity contribution >= 4 is 34.1 Å². The van der Waals surface area contributed by atoms with Crippen molar-refractivity contribution in [2.75, 3.05) is 5.32 Å². The summed E-state index contributed by atoms with van der Waals surface area (Å²) in [6.07, 6.45) is 1.74. The minimum absolute atomic E-state index is 0.0198. The lowest BCUT2D eigenvalue weighted by Gasteiger charge is -2.19. The Hall–Kier alpha value is -3.89. The van der Waals surface area contributed by atoms with Gasteiger partial charge in [-0.3, -0.25) is 4.79 Å². The van der Waals surface area contributed by atoms with Gasteiger partial charge in [0.1, 0.15) is 5.03 Å². The van der Waals surface area contributed by atoms with Crippen LogP contribution in [0.3, 0.4) is 0 Å². The van der Waals surface area contributed by atoms with Gasteiger partial charge in [0.25, 0.3) is 5.91 Å². The second kappa shape index (κ2) is 9.72. The zero-order valence-electron chi connectivity index (χ0n) is 17.9. The van der Waals surface area contributed by atoms with Gasteiger partial charge in [-0.1, -0.05) is 109 Å². The molecule has 0 aliphatic heterocycles. The van der Waals surface area contributed by atoms with Crippen molar-refractivity contribution in [3.8, 4) is 0 Å². The van der Waals surface area contributed by atoms with Crippen LogP contribution in [-0.4, -0.2) is 10.9 Å². The van der Waals surface area contributed by atoms with Gasteiger partial charge in [-0.05, 0) is 34.7 Å². The zero-order chi connectivity index (χ0) is 22.5. The van der Waals surface area contributed by atoms with Gasteiger partial charge >= 0.3 is 0 Å². The minimum Gasteiger partial charge on any atom is -0.321 e. The Labute approximate surface area is 197 Å². The number of pyridine rings is 1. The Kier molecular flexibility index (Phi) is 6.18. The average molecular weight is 447 g/mol. The normalized spacial score (nSPS) is 10.9. The first-order valence-electron chi connectivity index (χ1n) is 10.8. The Morgan fingerprint density at radius 3 is 2.06 bits per heavy atom. The number of aromatic nitrogens is 1. The number of carbonyl (C=O) groups is 1. The number of rotatable bonds is 6. The number of hydrogen-bond donors (Lipinski definition) is 1. The van der Waals surface area contributed by atoms with Crippen LogP contribution in [0.25, 0.3) is 10.8 Å². The van der Waals surface area contributed by atoms with Crippen molar-refractivity contribution in [3.05, 3.63) is 138 Å². The summed E-state index contributed by atoms with van der Waals surface area (Å²) in [4.78, 5) is 18.0. The van der Waals surface area contributed by atoms with Gasteiger partial charge in [-0.2, -0.15) is 0 Å². The van der Waals surface area contributed by atoms with Gasteiger partial charge in [-0.15, -0.1) is 0 Å². The van der Waals surface area contributed by atoms with Crippen LogP contribution >= 0.6 is 11.8 Å². The van der Waals surface area contributed by atoms with Crippen molar-refractivity contribution in [2.45, 2.75) is 10.3 Å². The molecule has 0 aliphatic rings. The molecule has 3 nitrogen and oxygen atoms in total. The first-order chi connectivity index (χ1) is 16.3. The largest absolute Gasteiger partial charge is 0.321 e. The third-order valence-corrected chi connectivity index (χ3v) is 6.82. The van der Waals surface area contributed by atoms with Crippen molar-refractivity contribution in [2.24, 2.45) is 0 Å². The summed E-state index contributed by atoms with van der Waals surface area (Å²) in [5.41, 5.74) is 3.69. The predicted molar refractivity (Wildman–Crippen MR) is 137 cm³/mol. The van der Waals surface area contributed by atoms with Gasteiger partial charge in [-0.25, -0.2) is 4.98 Å². The van der Waals surface area contributed by atoms with E-state index in [4.69, 9.17) is 0 Å². The molecule has 0 aliphatic carbocycles. The molecule has 0 saturated carbocycles. The van der Waals surface area contributed by atoms with E-state index in [2.05, 4.69) is 34.6 Å². The van der Waals surface area contributed by atoms with Crippen LogP contribution in [-0.2, 0) is 0 Å². The van der Waals surface area contributed by atoms with Crippen LogP contribution in [0, 0.1) is 0 Å². The van der Waals surface area contributed by atoms with E-state index in [1.807, 2.05) is 91.0 Å². The predicted octanol–water partition coefficient (Wildman–Crippen LogP) is 7.37. The van der Waals surface area contributed by atoms with Crippen LogP contribution in [0.5, 0.6) is 0 Å². The summed E-state index contributed by atoms with van der Waals surface area (Å²) in [7, 11) is 0. The topological polar surface area (TPSA) is 42.0 Å². The number of benzene rings is 4. The molecule has 1 heterocycles. The van der Waals surface area contributed by atoms with Crippen LogP contribution in [0.15, 0.2) is 126 Å². The number of nitrogens with one attached hydrogen (secondary N) is 1. The summed E-state index contributed by atoms with van der Waals surface area (Å²) in [6.45, 7) is 0. The van der Waals surface area contributed by atoms with E-state index >= 15 is 0 Å². The molecule has 1 amide bonds. The summed E-state index contributed by atoms with van der Waals surface area (Å²) < 4.78 is 0. The highest BCUT2D eigenvalue weighted by molar-refractivity contribution is 7.99. The van der Waals surface area contributed by atoms with Crippen LogP contribution in [0.1, 0.15) is 26.7 Å². The number of fused-ring (bicyclic) bond motifs is 1. The van der Waals surface area contributed by atoms with Gasteiger partial charge in [0, 0.05) is 17.3 Å². The Bertz CT molecular complexity index is 1340. The number of anilines is 1. The van der Waals surface area contributed by atoms with E-state index in [0.29, 0.717) is 10.6 Å². The molecule has 5 aromatic rings. The van der Waals surface area contributed by atoms with Crippen LogP contribution in [0.4, 0.5) is 5.69 Å². The fraction of sp³-hybridized carbons (Fsp3) is 0.0345. The van der Waals surface area contributed by atoms with E-state index in [1.165, 1.54) is 11.1 Å². The number of thioether (sulfide) groups is 1. The van der Waals surface area contributed by atoms with Crippen molar-refractivity contribution in [1.82, 2.24) is 4.98 Å². The van der Waals surface area contributed by atoms with E-state index < -0.39 is 0 Å². The molecule has 33 heavy (non-hydrogen) atoms. The van der Waals surface area contributed by atoms with E-state index in [0.717, 1.165) is 16.5 Å².